The predicted octanol–water partition coefficient (Wildman–Crippen LogP) is 3.21. The second kappa shape index (κ2) is 4.95. The van der Waals surface area contributed by atoms with E-state index in [0.717, 1.165) is 12.8 Å². The molecule has 0 radical (unpaired) electrons. The van der Waals surface area contributed by atoms with Gasteiger partial charge >= 0.3 is 5.97 Å². The molecule has 1 aliphatic heterocycles. The maximum absolute atomic E-state index is 6.09. The average Bonchev–Trinajstić information content (AvgIpc) is 2.64. The maximum Gasteiger partial charge on any atom is 0.324 e. The van der Waals surface area contributed by atoms with Crippen molar-refractivity contribution in [3.05, 3.63) is 12.3 Å². The molecular weight excluding hydrogens is 228 g/mol. The molecule has 3 nitrogen and oxygen atoms in total. The largest absolute Gasteiger partial charge is 0.441 e. The van der Waals surface area contributed by atoms with Crippen LogP contribution in [0.3, 0.4) is 0 Å². The number of rotatable bonds is 3. The Bertz CT molecular complexity index is 364. The van der Waals surface area contributed by atoms with Crippen LogP contribution in [0.25, 0.3) is 0 Å². The van der Waals surface area contributed by atoms with E-state index >= 15 is 0 Å². The lowest BCUT2D eigenvalue weighted by atomic mass is 9.74. The second-order valence-electron chi connectivity index (χ2n) is 5.30. The number of ether oxygens (including phenoxy) is 3. The lowest BCUT2D eigenvalue weighted by Gasteiger charge is -2.37. The highest BCUT2D eigenvalue weighted by Crippen LogP contribution is 2.49. The summed E-state index contributed by atoms with van der Waals surface area (Å²) in [6, 6.07) is 0. The van der Waals surface area contributed by atoms with Gasteiger partial charge in [-0.05, 0) is 18.8 Å². The summed E-state index contributed by atoms with van der Waals surface area (Å²) in [5.74, 6) is 2.67. The van der Waals surface area contributed by atoms with Gasteiger partial charge in [0, 0.05) is 20.5 Å². The fourth-order valence-electron chi connectivity index (χ4n) is 3.11. The molecule has 0 aromatic heterocycles. The molecule has 18 heavy (non-hydrogen) atoms. The van der Waals surface area contributed by atoms with Gasteiger partial charge in [-0.2, -0.15) is 0 Å². The predicted molar refractivity (Wildman–Crippen MR) is 69.5 cm³/mol. The summed E-state index contributed by atoms with van der Waals surface area (Å²) in [5, 5.41) is 0. The molecule has 1 saturated heterocycles. The Kier molecular flexibility index (Phi) is 3.70. The molecule has 2 atom stereocenters. The Hall–Kier alpha value is -0.980. The molecule has 0 aromatic rings. The Morgan fingerprint density at radius 2 is 2.11 bits per heavy atom. The van der Waals surface area contributed by atoms with Crippen LogP contribution in [0.15, 0.2) is 12.3 Å². The minimum atomic E-state index is -1.05. The third-order valence-electron chi connectivity index (χ3n) is 4.15. The van der Waals surface area contributed by atoms with Crippen molar-refractivity contribution in [1.82, 2.24) is 0 Å². The van der Waals surface area contributed by atoms with E-state index in [0.29, 0.717) is 18.1 Å². The highest BCUT2D eigenvalue weighted by atomic mass is 16.9. The van der Waals surface area contributed by atoms with E-state index in [-0.39, 0.29) is 0 Å². The molecular formula is C15H22O3. The van der Waals surface area contributed by atoms with E-state index in [1.54, 1.807) is 14.0 Å². The third kappa shape index (κ3) is 2.15. The van der Waals surface area contributed by atoms with E-state index in [1.807, 2.05) is 0 Å². The van der Waals surface area contributed by atoms with Gasteiger partial charge < -0.3 is 14.2 Å². The first-order valence-corrected chi connectivity index (χ1v) is 6.63. The van der Waals surface area contributed by atoms with Gasteiger partial charge in [0.15, 0.2) is 0 Å². The molecule has 2 unspecified atom stereocenters. The number of hydrogen-bond acceptors (Lipinski definition) is 3. The zero-order valence-electron chi connectivity index (χ0n) is 11.3. The normalized spacial score (nSPS) is 37.3. The summed E-state index contributed by atoms with van der Waals surface area (Å²) >= 11 is 0. The van der Waals surface area contributed by atoms with Crippen LogP contribution in [0.2, 0.25) is 0 Å². The Balaban J connectivity index is 2.27. The molecule has 1 saturated carbocycles. The molecule has 0 N–H and O–H groups in total. The summed E-state index contributed by atoms with van der Waals surface area (Å²) < 4.78 is 17.1. The van der Waals surface area contributed by atoms with Gasteiger partial charge in [0.05, 0.1) is 0 Å². The topological polar surface area (TPSA) is 27.7 Å². The minimum absolute atomic E-state index is 0.381. The highest BCUT2D eigenvalue weighted by molar-refractivity contribution is 5.19. The van der Waals surface area contributed by atoms with E-state index in [4.69, 9.17) is 20.6 Å². The van der Waals surface area contributed by atoms with Crippen LogP contribution in [0.1, 0.15) is 45.4 Å². The monoisotopic (exact) mass is 250 g/mol. The molecule has 0 bridgehead atoms. The first-order chi connectivity index (χ1) is 8.56. The number of methoxy groups -OCH3 is 1. The van der Waals surface area contributed by atoms with Crippen LogP contribution in [0.4, 0.5) is 0 Å². The number of terminal acetylenes is 1. The summed E-state index contributed by atoms with van der Waals surface area (Å²) in [6.45, 7) is 5.79. The minimum Gasteiger partial charge on any atom is -0.441 e. The van der Waals surface area contributed by atoms with Gasteiger partial charge in [-0.1, -0.05) is 25.8 Å². The summed E-state index contributed by atoms with van der Waals surface area (Å²) in [6.07, 6.45) is 12.0. The lowest BCUT2D eigenvalue weighted by Crippen LogP contribution is -2.42. The van der Waals surface area contributed by atoms with E-state index in [1.165, 1.54) is 19.3 Å². The Morgan fingerprint density at radius 1 is 1.44 bits per heavy atom. The molecule has 100 valence electrons. The first kappa shape index (κ1) is 13.5. The quantitative estimate of drug-likeness (QED) is 0.720. The van der Waals surface area contributed by atoms with Crippen LogP contribution < -0.4 is 0 Å². The van der Waals surface area contributed by atoms with Crippen molar-refractivity contribution in [1.29, 1.82) is 0 Å². The fourth-order valence-corrected chi connectivity index (χ4v) is 3.11. The standard InChI is InChI=1S/C15H22O3/c1-5-11-15(13-9-7-6-8-10-13)12(2)17-14(3,16-4)18-15/h1,13H,2,6-11H2,3-4H3. The number of hydrogen-bond donors (Lipinski definition) is 0. The van der Waals surface area contributed by atoms with Crippen LogP contribution in [-0.2, 0) is 14.2 Å². The second-order valence-corrected chi connectivity index (χ2v) is 5.30. The summed E-state index contributed by atoms with van der Waals surface area (Å²) in [5.41, 5.74) is -0.570. The van der Waals surface area contributed by atoms with Gasteiger partial charge in [-0.25, -0.2) is 0 Å². The van der Waals surface area contributed by atoms with Crippen molar-refractivity contribution in [2.75, 3.05) is 7.11 Å². The van der Waals surface area contributed by atoms with Gasteiger partial charge in [0.2, 0.25) is 0 Å². The smallest absolute Gasteiger partial charge is 0.324 e. The van der Waals surface area contributed by atoms with Crippen molar-refractivity contribution < 1.29 is 14.2 Å². The molecule has 1 aliphatic carbocycles. The van der Waals surface area contributed by atoms with Crippen molar-refractivity contribution in [2.24, 2.45) is 5.92 Å². The van der Waals surface area contributed by atoms with Gasteiger partial charge in [0.1, 0.15) is 11.4 Å². The molecule has 2 rings (SSSR count). The van der Waals surface area contributed by atoms with Gasteiger partial charge in [-0.3, -0.25) is 0 Å². The van der Waals surface area contributed by atoms with Crippen molar-refractivity contribution >= 4 is 0 Å². The van der Waals surface area contributed by atoms with Crippen LogP contribution in [0, 0.1) is 18.3 Å². The fraction of sp³-hybridized carbons (Fsp3) is 0.733. The van der Waals surface area contributed by atoms with Gasteiger partial charge in [-0.15, -0.1) is 12.3 Å². The van der Waals surface area contributed by atoms with Crippen molar-refractivity contribution in [3.63, 3.8) is 0 Å². The molecule has 0 amide bonds. The van der Waals surface area contributed by atoms with E-state index in [2.05, 4.69) is 12.5 Å². The third-order valence-corrected chi connectivity index (χ3v) is 4.15. The van der Waals surface area contributed by atoms with Gasteiger partial charge in [0.25, 0.3) is 0 Å². The van der Waals surface area contributed by atoms with Crippen molar-refractivity contribution in [2.45, 2.75) is 57.0 Å². The summed E-state index contributed by atoms with van der Waals surface area (Å²) in [4.78, 5) is 0. The average molecular weight is 250 g/mol. The van der Waals surface area contributed by atoms with Crippen molar-refractivity contribution in [3.8, 4) is 12.3 Å². The van der Waals surface area contributed by atoms with Crippen LogP contribution >= 0.6 is 0 Å². The maximum atomic E-state index is 6.09. The Morgan fingerprint density at radius 3 is 2.61 bits per heavy atom. The SMILES string of the molecule is C#CCC1(C2CCCCC2)OC(C)(OC)OC1=C. The molecule has 3 heteroatoms. The molecule has 1 heterocycles. The molecule has 2 fully saturated rings. The highest BCUT2D eigenvalue weighted by Gasteiger charge is 2.56. The zero-order valence-corrected chi connectivity index (χ0v) is 11.3. The van der Waals surface area contributed by atoms with E-state index in [9.17, 15) is 0 Å². The molecule has 0 aromatic carbocycles. The first-order valence-electron chi connectivity index (χ1n) is 6.63. The van der Waals surface area contributed by atoms with Crippen LogP contribution in [0.5, 0.6) is 0 Å². The van der Waals surface area contributed by atoms with Crippen LogP contribution in [-0.4, -0.2) is 18.7 Å². The molecule has 0 spiro atoms. The van der Waals surface area contributed by atoms with E-state index < -0.39 is 11.6 Å². The zero-order chi connectivity index (χ0) is 13.2. The summed E-state index contributed by atoms with van der Waals surface area (Å²) in [7, 11) is 1.57. The molecule has 2 aliphatic rings. The lowest BCUT2D eigenvalue weighted by molar-refractivity contribution is -0.325. The Labute approximate surface area is 109 Å².